The highest BCUT2D eigenvalue weighted by Crippen LogP contribution is 2.38. The predicted molar refractivity (Wildman–Crippen MR) is 120 cm³/mol. The monoisotopic (exact) mass is 409 g/mol. The van der Waals surface area contributed by atoms with E-state index in [1.165, 1.54) is 22.5 Å². The fourth-order valence-corrected chi connectivity index (χ4v) is 4.60. The maximum atomic E-state index is 13.1. The molecule has 0 spiro atoms. The molecule has 2 heterocycles. The Balaban J connectivity index is 1.62. The average Bonchev–Trinajstić information content (AvgIpc) is 2.78. The molecule has 2 aliphatic heterocycles. The van der Waals surface area contributed by atoms with Gasteiger partial charge in [0, 0.05) is 50.7 Å². The highest BCUT2D eigenvalue weighted by Gasteiger charge is 2.41. The second-order valence-corrected chi connectivity index (χ2v) is 8.13. The number of amides is 1. The highest BCUT2D eigenvalue weighted by molar-refractivity contribution is 5.82. The number of hydrogen-bond acceptors (Lipinski definition) is 5. The van der Waals surface area contributed by atoms with E-state index in [1.54, 1.807) is 14.2 Å². The number of carbonyl (C=O) groups is 1. The number of fused-ring (bicyclic) bond motifs is 3. The van der Waals surface area contributed by atoms with Crippen LogP contribution in [0.3, 0.4) is 0 Å². The van der Waals surface area contributed by atoms with Crippen LogP contribution in [0.25, 0.3) is 0 Å². The smallest absolute Gasteiger partial charge is 0.225 e. The van der Waals surface area contributed by atoms with E-state index in [0.717, 1.165) is 31.8 Å². The first kappa shape index (κ1) is 20.5. The van der Waals surface area contributed by atoms with Gasteiger partial charge in [0.25, 0.3) is 0 Å². The molecule has 0 bridgehead atoms. The summed E-state index contributed by atoms with van der Waals surface area (Å²) in [5, 5.41) is 3.07. The van der Waals surface area contributed by atoms with E-state index >= 15 is 0 Å². The summed E-state index contributed by atoms with van der Waals surface area (Å²) >= 11 is 0. The Bertz CT molecular complexity index is 884. The molecule has 6 nitrogen and oxygen atoms in total. The lowest BCUT2D eigenvalue weighted by Gasteiger charge is -2.49. The first-order valence-corrected chi connectivity index (χ1v) is 10.6. The molecule has 1 amide bonds. The topological polar surface area (TPSA) is 54.0 Å². The first-order valence-electron chi connectivity index (χ1n) is 10.6. The third-order valence-corrected chi connectivity index (χ3v) is 6.27. The van der Waals surface area contributed by atoms with Crippen LogP contribution < -0.4 is 19.9 Å². The molecule has 0 radical (unpaired) electrons. The number of rotatable bonds is 6. The zero-order valence-electron chi connectivity index (χ0n) is 18.1. The average molecular weight is 410 g/mol. The summed E-state index contributed by atoms with van der Waals surface area (Å²) in [6.45, 7) is 5.79. The van der Waals surface area contributed by atoms with Gasteiger partial charge in [-0.2, -0.15) is 0 Å². The van der Waals surface area contributed by atoms with Crippen molar-refractivity contribution in [3.63, 3.8) is 0 Å². The van der Waals surface area contributed by atoms with Crippen molar-refractivity contribution >= 4 is 17.3 Å². The van der Waals surface area contributed by atoms with Gasteiger partial charge in [0.1, 0.15) is 5.75 Å². The van der Waals surface area contributed by atoms with E-state index in [1.807, 2.05) is 6.07 Å². The molecule has 0 saturated carbocycles. The van der Waals surface area contributed by atoms with Crippen LogP contribution >= 0.6 is 0 Å². The number of benzene rings is 2. The number of aryl methyl sites for hydroxylation is 1. The molecular formula is C24H31N3O3. The van der Waals surface area contributed by atoms with Crippen molar-refractivity contribution in [2.45, 2.75) is 19.4 Å². The van der Waals surface area contributed by atoms with Gasteiger partial charge in [0.2, 0.25) is 5.91 Å². The summed E-state index contributed by atoms with van der Waals surface area (Å²) in [7, 11) is 3.35. The highest BCUT2D eigenvalue weighted by atomic mass is 16.5. The van der Waals surface area contributed by atoms with Crippen molar-refractivity contribution in [3.8, 4) is 5.75 Å². The number of piperazine rings is 1. The van der Waals surface area contributed by atoms with E-state index in [-0.39, 0.29) is 17.9 Å². The summed E-state index contributed by atoms with van der Waals surface area (Å²) in [5.74, 6) is 0.863. The lowest BCUT2D eigenvalue weighted by Crippen LogP contribution is -2.61. The fourth-order valence-electron chi connectivity index (χ4n) is 4.60. The molecular weight excluding hydrogens is 378 g/mol. The van der Waals surface area contributed by atoms with Gasteiger partial charge in [0.15, 0.2) is 0 Å². The quantitative estimate of drug-likeness (QED) is 0.744. The third kappa shape index (κ3) is 4.10. The van der Waals surface area contributed by atoms with E-state index in [4.69, 9.17) is 9.47 Å². The lowest BCUT2D eigenvalue weighted by atomic mass is 9.83. The Morgan fingerprint density at radius 3 is 2.67 bits per heavy atom. The van der Waals surface area contributed by atoms with Gasteiger partial charge in [-0.3, -0.25) is 4.79 Å². The molecule has 160 valence electrons. The molecule has 2 aromatic rings. The molecule has 4 rings (SSSR count). The van der Waals surface area contributed by atoms with E-state index in [2.05, 4.69) is 58.4 Å². The van der Waals surface area contributed by atoms with E-state index < -0.39 is 0 Å². The fraction of sp³-hybridized carbons (Fsp3) is 0.458. The van der Waals surface area contributed by atoms with Gasteiger partial charge in [-0.05, 0) is 37.1 Å². The van der Waals surface area contributed by atoms with E-state index in [0.29, 0.717) is 13.2 Å². The number of anilines is 2. The van der Waals surface area contributed by atoms with Gasteiger partial charge in [-0.1, -0.05) is 23.8 Å². The molecule has 6 heteroatoms. The molecule has 2 aromatic carbocycles. The predicted octanol–water partition coefficient (Wildman–Crippen LogP) is 2.63. The number of nitrogens with one attached hydrogen (secondary N) is 1. The van der Waals surface area contributed by atoms with Gasteiger partial charge < -0.3 is 24.6 Å². The van der Waals surface area contributed by atoms with E-state index in [9.17, 15) is 4.79 Å². The molecule has 1 saturated heterocycles. The van der Waals surface area contributed by atoms with Gasteiger partial charge in [-0.15, -0.1) is 0 Å². The van der Waals surface area contributed by atoms with Gasteiger partial charge >= 0.3 is 0 Å². The molecule has 0 aromatic heterocycles. The van der Waals surface area contributed by atoms with Crippen molar-refractivity contribution in [2.75, 3.05) is 56.8 Å². The molecule has 1 N–H and O–H groups in total. The number of hydrogen-bond donors (Lipinski definition) is 1. The zero-order chi connectivity index (χ0) is 21.1. The van der Waals surface area contributed by atoms with Gasteiger partial charge in [0.05, 0.1) is 25.7 Å². The maximum Gasteiger partial charge on any atom is 0.225 e. The molecule has 1 fully saturated rings. The minimum Gasteiger partial charge on any atom is -0.497 e. The Labute approximate surface area is 178 Å². The number of ether oxygens (including phenoxy) is 2. The van der Waals surface area contributed by atoms with Crippen molar-refractivity contribution in [1.82, 2.24) is 5.32 Å². The van der Waals surface area contributed by atoms with Crippen LogP contribution in [0.15, 0.2) is 42.5 Å². The minimum atomic E-state index is -0.101. The summed E-state index contributed by atoms with van der Waals surface area (Å²) in [6, 6.07) is 15.0. The Morgan fingerprint density at radius 2 is 1.93 bits per heavy atom. The van der Waals surface area contributed by atoms with Crippen LogP contribution in [0.2, 0.25) is 0 Å². The standard InChI is InChI=1S/C24H31N3O3/c1-17-4-7-19(8-5-17)26-11-12-27-22-15-20(30-3)9-6-18(22)14-21(23(27)16-26)24(28)25-10-13-29-2/h4-9,15,21,23H,10-14,16H2,1-3H3,(H,25,28)/t21-,23+/m0/s1. The normalized spacial score (nSPS) is 20.4. The molecule has 30 heavy (non-hydrogen) atoms. The molecule has 0 aliphatic carbocycles. The van der Waals surface area contributed by atoms with Crippen molar-refractivity contribution < 1.29 is 14.3 Å². The number of methoxy groups -OCH3 is 2. The second kappa shape index (κ2) is 8.96. The van der Waals surface area contributed by atoms with Crippen LogP contribution in [0, 0.1) is 12.8 Å². The zero-order valence-corrected chi connectivity index (χ0v) is 18.1. The SMILES string of the molecule is COCCNC(=O)[C@H]1Cc2ccc(OC)cc2N2CCN(c3ccc(C)cc3)C[C@H]12. The van der Waals surface area contributed by atoms with Crippen LogP contribution in [0.5, 0.6) is 5.75 Å². The lowest BCUT2D eigenvalue weighted by molar-refractivity contribution is -0.126. The van der Waals surface area contributed by atoms with Crippen LogP contribution in [0.1, 0.15) is 11.1 Å². The van der Waals surface area contributed by atoms with Gasteiger partial charge in [-0.25, -0.2) is 0 Å². The second-order valence-electron chi connectivity index (χ2n) is 8.13. The molecule has 2 atom stereocenters. The Morgan fingerprint density at radius 1 is 1.13 bits per heavy atom. The number of nitrogens with zero attached hydrogens (tertiary/aromatic N) is 2. The largest absolute Gasteiger partial charge is 0.497 e. The summed E-state index contributed by atoms with van der Waals surface area (Å²) < 4.78 is 10.6. The summed E-state index contributed by atoms with van der Waals surface area (Å²) in [6.07, 6.45) is 0.737. The number of carbonyl (C=O) groups excluding carboxylic acids is 1. The molecule has 2 aliphatic rings. The van der Waals surface area contributed by atoms with Crippen LogP contribution in [-0.4, -0.2) is 59.0 Å². The Hall–Kier alpha value is -2.73. The van der Waals surface area contributed by atoms with Crippen molar-refractivity contribution in [1.29, 1.82) is 0 Å². The molecule has 0 unspecified atom stereocenters. The van der Waals surface area contributed by atoms with Crippen LogP contribution in [-0.2, 0) is 16.0 Å². The minimum absolute atomic E-state index is 0.101. The van der Waals surface area contributed by atoms with Crippen LogP contribution in [0.4, 0.5) is 11.4 Å². The third-order valence-electron chi connectivity index (χ3n) is 6.27. The first-order chi connectivity index (χ1) is 14.6. The van der Waals surface area contributed by atoms with Crippen molar-refractivity contribution in [3.05, 3.63) is 53.6 Å². The van der Waals surface area contributed by atoms with Crippen molar-refractivity contribution in [2.24, 2.45) is 5.92 Å². The summed E-state index contributed by atoms with van der Waals surface area (Å²) in [4.78, 5) is 17.9. The Kier molecular flexibility index (Phi) is 6.13. The maximum absolute atomic E-state index is 13.1. The summed E-state index contributed by atoms with van der Waals surface area (Å²) in [5.41, 5.74) is 4.88.